The van der Waals surface area contributed by atoms with E-state index in [1.807, 2.05) is 24.3 Å². The largest absolute Gasteiger partial charge is 0.299 e. The molecular formula is C15H21ClO. The quantitative estimate of drug-likeness (QED) is 0.689. The van der Waals surface area contributed by atoms with E-state index in [9.17, 15) is 4.79 Å². The molecule has 0 aliphatic rings. The average molecular weight is 253 g/mol. The van der Waals surface area contributed by atoms with E-state index in [4.69, 9.17) is 11.6 Å². The predicted octanol–water partition coefficient (Wildman–Crippen LogP) is 4.67. The number of rotatable bonds is 7. The van der Waals surface area contributed by atoms with E-state index in [0.717, 1.165) is 31.2 Å². The molecule has 0 unspecified atom stereocenters. The van der Waals surface area contributed by atoms with Gasteiger partial charge in [0.05, 0.1) is 0 Å². The molecule has 2 heteroatoms. The summed E-state index contributed by atoms with van der Waals surface area (Å²) in [6.45, 7) is 4.27. The van der Waals surface area contributed by atoms with E-state index < -0.39 is 0 Å². The van der Waals surface area contributed by atoms with Crippen LogP contribution >= 0.6 is 11.6 Å². The minimum Gasteiger partial charge on any atom is -0.299 e. The summed E-state index contributed by atoms with van der Waals surface area (Å²) in [5.74, 6) is 0.583. The first-order valence-corrected chi connectivity index (χ1v) is 6.82. The lowest BCUT2D eigenvalue weighted by atomic mass is 9.90. The SMILES string of the molecule is CCCC(CCC)C(=O)Cc1cccc(Cl)c1. The van der Waals surface area contributed by atoms with Gasteiger partial charge >= 0.3 is 0 Å². The Kier molecular flexibility index (Phi) is 6.28. The van der Waals surface area contributed by atoms with Gasteiger partial charge in [-0.1, -0.05) is 50.4 Å². The molecule has 0 heterocycles. The summed E-state index contributed by atoms with van der Waals surface area (Å²) in [4.78, 5) is 12.2. The minimum absolute atomic E-state index is 0.226. The highest BCUT2D eigenvalue weighted by Gasteiger charge is 2.16. The number of benzene rings is 1. The number of hydrogen-bond donors (Lipinski definition) is 0. The monoisotopic (exact) mass is 252 g/mol. The van der Waals surface area contributed by atoms with Crippen LogP contribution in [-0.4, -0.2) is 5.78 Å². The van der Waals surface area contributed by atoms with E-state index in [1.54, 1.807) is 0 Å². The number of halogens is 1. The molecule has 0 saturated heterocycles. The lowest BCUT2D eigenvalue weighted by Gasteiger charge is -2.13. The van der Waals surface area contributed by atoms with E-state index in [2.05, 4.69) is 13.8 Å². The first-order valence-electron chi connectivity index (χ1n) is 6.44. The third kappa shape index (κ3) is 4.91. The molecule has 0 bridgehead atoms. The van der Waals surface area contributed by atoms with Gasteiger partial charge in [0.2, 0.25) is 0 Å². The Hall–Kier alpha value is -0.820. The number of ketones is 1. The van der Waals surface area contributed by atoms with E-state index in [0.29, 0.717) is 17.2 Å². The maximum Gasteiger partial charge on any atom is 0.140 e. The summed E-state index contributed by atoms with van der Waals surface area (Å²) < 4.78 is 0. The zero-order valence-corrected chi connectivity index (χ0v) is 11.5. The molecule has 0 radical (unpaired) electrons. The number of hydrogen-bond acceptors (Lipinski definition) is 1. The van der Waals surface area contributed by atoms with Gasteiger partial charge in [-0.05, 0) is 30.5 Å². The van der Waals surface area contributed by atoms with Crippen molar-refractivity contribution in [2.24, 2.45) is 5.92 Å². The summed E-state index contributed by atoms with van der Waals surface area (Å²) in [6, 6.07) is 7.60. The summed E-state index contributed by atoms with van der Waals surface area (Å²) in [5, 5.41) is 0.706. The van der Waals surface area contributed by atoms with Crippen molar-refractivity contribution >= 4 is 17.4 Å². The normalized spacial score (nSPS) is 10.8. The average Bonchev–Trinajstić information content (AvgIpc) is 2.28. The van der Waals surface area contributed by atoms with Crippen molar-refractivity contribution in [2.75, 3.05) is 0 Å². The molecule has 1 nitrogen and oxygen atoms in total. The second kappa shape index (κ2) is 7.50. The molecule has 0 aliphatic heterocycles. The Morgan fingerprint density at radius 3 is 2.41 bits per heavy atom. The van der Waals surface area contributed by atoms with Crippen LogP contribution < -0.4 is 0 Å². The van der Waals surface area contributed by atoms with Crippen LogP contribution in [0, 0.1) is 5.92 Å². The summed E-state index contributed by atoms with van der Waals surface area (Å²) in [7, 11) is 0. The molecule has 0 fully saturated rings. The molecule has 17 heavy (non-hydrogen) atoms. The summed E-state index contributed by atoms with van der Waals surface area (Å²) in [5.41, 5.74) is 1.03. The number of carbonyl (C=O) groups is 1. The van der Waals surface area contributed by atoms with Gasteiger partial charge in [-0.15, -0.1) is 0 Å². The fraction of sp³-hybridized carbons (Fsp3) is 0.533. The molecule has 0 aromatic heterocycles. The topological polar surface area (TPSA) is 17.1 Å². The van der Waals surface area contributed by atoms with E-state index in [-0.39, 0.29) is 5.92 Å². The van der Waals surface area contributed by atoms with Crippen LogP contribution in [0.25, 0.3) is 0 Å². The Balaban J connectivity index is 2.62. The van der Waals surface area contributed by atoms with Crippen molar-refractivity contribution < 1.29 is 4.79 Å². The zero-order chi connectivity index (χ0) is 12.7. The van der Waals surface area contributed by atoms with Crippen LogP contribution in [0.1, 0.15) is 45.1 Å². The second-order valence-electron chi connectivity index (χ2n) is 4.55. The molecule has 1 aromatic carbocycles. The zero-order valence-electron chi connectivity index (χ0n) is 10.7. The van der Waals surface area contributed by atoms with Crippen molar-refractivity contribution in [3.05, 3.63) is 34.9 Å². The molecular weight excluding hydrogens is 232 g/mol. The van der Waals surface area contributed by atoms with Crippen molar-refractivity contribution in [2.45, 2.75) is 46.0 Å². The fourth-order valence-corrected chi connectivity index (χ4v) is 2.37. The van der Waals surface area contributed by atoms with Gasteiger partial charge < -0.3 is 0 Å². The highest BCUT2D eigenvalue weighted by molar-refractivity contribution is 6.30. The molecule has 0 saturated carbocycles. The molecule has 0 amide bonds. The van der Waals surface area contributed by atoms with Gasteiger partial charge in [0, 0.05) is 17.4 Å². The third-order valence-electron chi connectivity index (χ3n) is 3.00. The Bertz CT molecular complexity index is 354. The lowest BCUT2D eigenvalue weighted by Crippen LogP contribution is -2.16. The first kappa shape index (κ1) is 14.2. The molecule has 0 atom stereocenters. The van der Waals surface area contributed by atoms with Gasteiger partial charge in [-0.25, -0.2) is 0 Å². The second-order valence-corrected chi connectivity index (χ2v) is 4.98. The van der Waals surface area contributed by atoms with Crippen LogP contribution in [0.2, 0.25) is 5.02 Å². The highest BCUT2D eigenvalue weighted by Crippen LogP contribution is 2.18. The van der Waals surface area contributed by atoms with Gasteiger partial charge in [-0.2, -0.15) is 0 Å². The Labute approximate surface area is 109 Å². The van der Waals surface area contributed by atoms with Gasteiger partial charge in [-0.3, -0.25) is 4.79 Å². The van der Waals surface area contributed by atoms with Crippen LogP contribution in [-0.2, 0) is 11.2 Å². The third-order valence-corrected chi connectivity index (χ3v) is 3.23. The maximum atomic E-state index is 12.2. The van der Waals surface area contributed by atoms with E-state index in [1.165, 1.54) is 0 Å². The van der Waals surface area contributed by atoms with Crippen molar-refractivity contribution in [3.8, 4) is 0 Å². The molecule has 1 rings (SSSR count). The fourth-order valence-electron chi connectivity index (χ4n) is 2.16. The van der Waals surface area contributed by atoms with Crippen LogP contribution in [0.15, 0.2) is 24.3 Å². The van der Waals surface area contributed by atoms with Gasteiger partial charge in [0.25, 0.3) is 0 Å². The number of Topliss-reactive ketones (excluding diaryl/α,β-unsaturated/α-hetero) is 1. The van der Waals surface area contributed by atoms with Crippen LogP contribution in [0.3, 0.4) is 0 Å². The highest BCUT2D eigenvalue weighted by atomic mass is 35.5. The Morgan fingerprint density at radius 1 is 1.24 bits per heavy atom. The molecule has 1 aromatic rings. The molecule has 0 aliphatic carbocycles. The minimum atomic E-state index is 0.226. The summed E-state index contributed by atoms with van der Waals surface area (Å²) in [6.07, 6.45) is 4.68. The number of carbonyl (C=O) groups excluding carboxylic acids is 1. The van der Waals surface area contributed by atoms with Crippen molar-refractivity contribution in [3.63, 3.8) is 0 Å². The van der Waals surface area contributed by atoms with Gasteiger partial charge in [0.15, 0.2) is 0 Å². The smallest absolute Gasteiger partial charge is 0.140 e. The molecule has 0 spiro atoms. The lowest BCUT2D eigenvalue weighted by molar-refractivity contribution is -0.122. The maximum absolute atomic E-state index is 12.2. The van der Waals surface area contributed by atoms with Crippen molar-refractivity contribution in [1.29, 1.82) is 0 Å². The van der Waals surface area contributed by atoms with Crippen LogP contribution in [0.4, 0.5) is 0 Å². The van der Waals surface area contributed by atoms with Gasteiger partial charge in [0.1, 0.15) is 5.78 Å². The summed E-state index contributed by atoms with van der Waals surface area (Å²) >= 11 is 5.92. The standard InChI is InChI=1S/C15H21ClO/c1-3-6-13(7-4-2)15(17)11-12-8-5-9-14(16)10-12/h5,8-10,13H,3-4,6-7,11H2,1-2H3. The van der Waals surface area contributed by atoms with Crippen LogP contribution in [0.5, 0.6) is 0 Å². The predicted molar refractivity (Wildman–Crippen MR) is 73.5 cm³/mol. The molecule has 94 valence electrons. The molecule has 0 N–H and O–H groups in total. The van der Waals surface area contributed by atoms with E-state index >= 15 is 0 Å². The van der Waals surface area contributed by atoms with Crippen molar-refractivity contribution in [1.82, 2.24) is 0 Å². The first-order chi connectivity index (χ1) is 8.17. The Morgan fingerprint density at radius 2 is 1.88 bits per heavy atom.